The zero-order valence-corrected chi connectivity index (χ0v) is 29.0. The SMILES string of the molecule is Cc1cc(CNC(CO)C(=O)O)c(OCc2cccnc2)cc1OCc1cccc(-c2cccc3c2CCN3CCCN2CCC(O)C2)c1C. The summed E-state index contributed by atoms with van der Waals surface area (Å²) in [6, 6.07) is 19.5. The van der Waals surface area contributed by atoms with Crippen LogP contribution in [-0.2, 0) is 31.0 Å². The van der Waals surface area contributed by atoms with Crippen molar-refractivity contribution in [3.63, 3.8) is 0 Å². The molecule has 50 heavy (non-hydrogen) atoms. The van der Waals surface area contributed by atoms with Gasteiger partial charge in [-0.05, 0) is 91.2 Å². The number of β-amino-alcohol motifs (C(OH)–C–C–N with tert-alkyl or cyclic N) is 1. The van der Waals surface area contributed by atoms with Gasteiger partial charge in [-0.2, -0.15) is 0 Å². The molecule has 0 spiro atoms. The number of anilines is 1. The highest BCUT2D eigenvalue weighted by atomic mass is 16.5. The third-order valence-corrected chi connectivity index (χ3v) is 9.89. The molecular formula is C40H48N4O6. The van der Waals surface area contributed by atoms with Crippen LogP contribution in [0, 0.1) is 13.8 Å². The second-order valence-corrected chi connectivity index (χ2v) is 13.3. The van der Waals surface area contributed by atoms with Crippen LogP contribution in [0.2, 0.25) is 0 Å². The maximum absolute atomic E-state index is 11.5. The number of hydrogen-bond donors (Lipinski definition) is 4. The van der Waals surface area contributed by atoms with Gasteiger partial charge >= 0.3 is 5.97 Å². The first-order chi connectivity index (χ1) is 24.3. The van der Waals surface area contributed by atoms with Crippen molar-refractivity contribution in [2.24, 2.45) is 0 Å². The minimum Gasteiger partial charge on any atom is -0.488 e. The molecule has 1 saturated heterocycles. The molecule has 2 aliphatic rings. The number of carbonyl (C=O) groups is 1. The Bertz CT molecular complexity index is 1770. The van der Waals surface area contributed by atoms with Gasteiger partial charge in [0.05, 0.1) is 12.7 Å². The van der Waals surface area contributed by atoms with Gasteiger partial charge in [0.1, 0.15) is 30.8 Å². The number of nitrogens with zero attached hydrogens (tertiary/aromatic N) is 3. The highest BCUT2D eigenvalue weighted by Crippen LogP contribution is 2.38. The van der Waals surface area contributed by atoms with E-state index in [9.17, 15) is 20.1 Å². The van der Waals surface area contributed by atoms with Gasteiger partial charge in [0, 0.05) is 68.0 Å². The topological polar surface area (TPSA) is 128 Å². The molecule has 10 heteroatoms. The number of fused-ring (bicyclic) bond motifs is 1. The first kappa shape index (κ1) is 35.3. The number of carboxylic acids is 1. The molecule has 3 heterocycles. The normalized spacial score (nSPS) is 16.4. The van der Waals surface area contributed by atoms with E-state index in [2.05, 4.69) is 63.4 Å². The Labute approximate surface area is 294 Å². The smallest absolute Gasteiger partial charge is 0.323 e. The molecule has 4 aromatic rings. The molecule has 2 unspecified atom stereocenters. The van der Waals surface area contributed by atoms with Gasteiger partial charge in [0.15, 0.2) is 0 Å². The number of aromatic nitrogens is 1. The number of benzene rings is 3. The van der Waals surface area contributed by atoms with Crippen LogP contribution in [0.15, 0.2) is 73.1 Å². The third-order valence-electron chi connectivity index (χ3n) is 9.89. The molecular weight excluding hydrogens is 632 g/mol. The number of rotatable bonds is 16. The average molecular weight is 681 g/mol. The lowest BCUT2D eigenvalue weighted by molar-refractivity contribution is -0.140. The Balaban J connectivity index is 1.17. The lowest BCUT2D eigenvalue weighted by Crippen LogP contribution is -2.39. The maximum atomic E-state index is 11.5. The van der Waals surface area contributed by atoms with Gasteiger partial charge in [0.2, 0.25) is 0 Å². The van der Waals surface area contributed by atoms with E-state index >= 15 is 0 Å². The quantitative estimate of drug-likeness (QED) is 0.130. The van der Waals surface area contributed by atoms with Crippen molar-refractivity contribution in [3.05, 3.63) is 106 Å². The van der Waals surface area contributed by atoms with Gasteiger partial charge in [-0.1, -0.05) is 36.4 Å². The Hall–Kier alpha value is -4.48. The monoisotopic (exact) mass is 680 g/mol. The molecule has 264 valence electrons. The molecule has 0 bridgehead atoms. The summed E-state index contributed by atoms with van der Waals surface area (Å²) in [5.74, 6) is 0.126. The molecule has 4 N–H and O–H groups in total. The minimum absolute atomic E-state index is 0.172. The number of ether oxygens (including phenoxy) is 2. The van der Waals surface area contributed by atoms with Crippen LogP contribution in [0.4, 0.5) is 5.69 Å². The van der Waals surface area contributed by atoms with Crippen LogP contribution in [0.1, 0.15) is 46.2 Å². The molecule has 3 aromatic carbocycles. The molecule has 1 aromatic heterocycles. The number of aryl methyl sites for hydroxylation is 1. The zero-order valence-electron chi connectivity index (χ0n) is 29.0. The first-order valence-electron chi connectivity index (χ1n) is 17.5. The summed E-state index contributed by atoms with van der Waals surface area (Å²) in [6.45, 7) is 9.30. The van der Waals surface area contributed by atoms with E-state index < -0.39 is 18.6 Å². The van der Waals surface area contributed by atoms with Crippen molar-refractivity contribution in [3.8, 4) is 22.6 Å². The van der Waals surface area contributed by atoms with E-state index in [-0.39, 0.29) is 19.3 Å². The average Bonchev–Trinajstić information content (AvgIpc) is 3.74. The van der Waals surface area contributed by atoms with Crippen molar-refractivity contribution in [2.45, 2.75) is 65.0 Å². The lowest BCUT2D eigenvalue weighted by atomic mass is 9.92. The zero-order chi connectivity index (χ0) is 35.0. The highest BCUT2D eigenvalue weighted by molar-refractivity contribution is 5.79. The Morgan fingerprint density at radius 3 is 2.56 bits per heavy atom. The second kappa shape index (κ2) is 16.5. The number of aliphatic hydroxyl groups excluding tert-OH is 2. The highest BCUT2D eigenvalue weighted by Gasteiger charge is 2.25. The fourth-order valence-corrected chi connectivity index (χ4v) is 7.04. The van der Waals surface area contributed by atoms with Crippen LogP contribution in [0.3, 0.4) is 0 Å². The first-order valence-corrected chi connectivity index (χ1v) is 17.5. The van der Waals surface area contributed by atoms with Crippen molar-refractivity contribution in [2.75, 3.05) is 44.2 Å². The molecule has 2 aliphatic heterocycles. The van der Waals surface area contributed by atoms with Crippen molar-refractivity contribution in [1.82, 2.24) is 15.2 Å². The molecule has 6 rings (SSSR count). The number of pyridine rings is 1. The number of likely N-dealkylation sites (tertiary alicyclic amines) is 1. The Morgan fingerprint density at radius 2 is 1.80 bits per heavy atom. The van der Waals surface area contributed by atoms with Gasteiger partial charge in [-0.25, -0.2) is 0 Å². The van der Waals surface area contributed by atoms with Gasteiger partial charge < -0.3 is 34.6 Å². The van der Waals surface area contributed by atoms with Gasteiger partial charge in [-0.15, -0.1) is 0 Å². The lowest BCUT2D eigenvalue weighted by Gasteiger charge is -2.22. The molecule has 10 nitrogen and oxygen atoms in total. The molecule has 0 saturated carbocycles. The minimum atomic E-state index is -1.12. The van der Waals surface area contributed by atoms with E-state index in [4.69, 9.17) is 9.47 Å². The summed E-state index contributed by atoms with van der Waals surface area (Å²) in [5.41, 5.74) is 10.0. The Morgan fingerprint density at radius 1 is 0.980 bits per heavy atom. The van der Waals surface area contributed by atoms with Crippen LogP contribution >= 0.6 is 0 Å². The molecule has 0 amide bonds. The van der Waals surface area contributed by atoms with Gasteiger partial charge in [-0.3, -0.25) is 15.1 Å². The Kier molecular flexibility index (Phi) is 11.7. The maximum Gasteiger partial charge on any atom is 0.323 e. The third kappa shape index (κ3) is 8.45. The number of carboxylic acid groups (broad SMARTS) is 1. The number of nitrogens with one attached hydrogen (secondary N) is 1. The summed E-state index contributed by atoms with van der Waals surface area (Å²) in [7, 11) is 0. The van der Waals surface area contributed by atoms with Gasteiger partial charge in [0.25, 0.3) is 0 Å². The van der Waals surface area contributed by atoms with E-state index in [0.29, 0.717) is 18.1 Å². The fraction of sp³-hybridized carbons (Fsp3) is 0.400. The van der Waals surface area contributed by atoms with E-state index in [0.717, 1.165) is 74.2 Å². The van der Waals surface area contributed by atoms with E-state index in [1.165, 1.54) is 27.9 Å². The number of aliphatic carboxylic acids is 1. The summed E-state index contributed by atoms with van der Waals surface area (Å²) < 4.78 is 12.7. The fourth-order valence-electron chi connectivity index (χ4n) is 7.04. The molecule has 2 atom stereocenters. The molecule has 0 radical (unpaired) electrons. The standard InChI is InChI=1S/C40H48N4O6/c1-27-19-31(22-42-36(24-45)40(47)48)39(49-25-29-7-5-14-41-21-29)20-38(27)50-26-30-8-3-9-33(28(30)2)34-10-4-11-37-35(34)13-18-44(37)16-6-15-43-17-12-32(46)23-43/h3-5,7-11,14,19-21,32,36,42,45-46H,6,12-13,15-18,22-26H2,1-2H3,(H,47,48). The molecule has 1 fully saturated rings. The summed E-state index contributed by atoms with van der Waals surface area (Å²) in [6.07, 6.45) is 6.26. The number of hydrogen-bond acceptors (Lipinski definition) is 9. The summed E-state index contributed by atoms with van der Waals surface area (Å²) in [4.78, 5) is 20.5. The van der Waals surface area contributed by atoms with E-state index in [1.807, 2.05) is 31.2 Å². The number of aliphatic hydroxyl groups is 2. The van der Waals surface area contributed by atoms with Crippen molar-refractivity contribution < 1.29 is 29.6 Å². The van der Waals surface area contributed by atoms with Crippen LogP contribution in [0.5, 0.6) is 11.5 Å². The largest absolute Gasteiger partial charge is 0.488 e. The predicted octanol–water partition coefficient (Wildman–Crippen LogP) is 4.88. The van der Waals surface area contributed by atoms with E-state index in [1.54, 1.807) is 12.4 Å². The van der Waals surface area contributed by atoms with Crippen LogP contribution < -0.4 is 19.7 Å². The second-order valence-electron chi connectivity index (χ2n) is 13.3. The molecule has 0 aliphatic carbocycles. The van der Waals surface area contributed by atoms with Crippen molar-refractivity contribution >= 4 is 11.7 Å². The summed E-state index contributed by atoms with van der Waals surface area (Å²) in [5, 5.41) is 31.7. The van der Waals surface area contributed by atoms with Crippen LogP contribution in [0.25, 0.3) is 11.1 Å². The predicted molar refractivity (Wildman–Crippen MR) is 194 cm³/mol. The van der Waals surface area contributed by atoms with Crippen LogP contribution in [-0.4, -0.2) is 82.6 Å². The summed E-state index contributed by atoms with van der Waals surface area (Å²) >= 11 is 0. The van der Waals surface area contributed by atoms with Crippen molar-refractivity contribution in [1.29, 1.82) is 0 Å².